The summed E-state index contributed by atoms with van der Waals surface area (Å²) in [4.78, 5) is 4.13. The number of rotatable bonds is 5. The van der Waals surface area contributed by atoms with Crippen molar-refractivity contribution in [1.29, 1.82) is 0 Å². The van der Waals surface area contributed by atoms with E-state index >= 15 is 0 Å². The van der Waals surface area contributed by atoms with Crippen LogP contribution in [0.4, 0.5) is 5.69 Å². The third kappa shape index (κ3) is 3.22. The van der Waals surface area contributed by atoms with Crippen LogP contribution in [0.5, 0.6) is 0 Å². The average Bonchev–Trinajstić information content (AvgIpc) is 2.54. The molecule has 6 heteroatoms. The van der Waals surface area contributed by atoms with Crippen molar-refractivity contribution in [2.45, 2.75) is 24.3 Å². The van der Waals surface area contributed by atoms with E-state index < -0.39 is 10.0 Å². The van der Waals surface area contributed by atoms with Gasteiger partial charge in [-0.15, -0.1) is 0 Å². The zero-order chi connectivity index (χ0) is 15.5. The molecule has 2 aromatic rings. The minimum absolute atomic E-state index is 0.161. The number of anilines is 1. The second kappa shape index (κ2) is 6.24. The maximum absolute atomic E-state index is 12.7. The first-order chi connectivity index (χ1) is 9.96. The molecule has 0 fully saturated rings. The summed E-state index contributed by atoms with van der Waals surface area (Å²) in [7, 11) is -2.08. The Morgan fingerprint density at radius 3 is 2.52 bits per heavy atom. The summed E-state index contributed by atoms with van der Waals surface area (Å²) < 4.78 is 26.6. The first-order valence-electron chi connectivity index (χ1n) is 6.71. The lowest BCUT2D eigenvalue weighted by molar-refractivity contribution is 0.594. The molecular weight excluding hydrogens is 286 g/mol. The predicted octanol–water partition coefficient (Wildman–Crippen LogP) is 2.32. The van der Waals surface area contributed by atoms with Gasteiger partial charge >= 0.3 is 0 Å². The van der Waals surface area contributed by atoms with Crippen molar-refractivity contribution < 1.29 is 8.42 Å². The fraction of sp³-hybridized carbons (Fsp3) is 0.267. The van der Waals surface area contributed by atoms with Crippen molar-refractivity contribution in [3.63, 3.8) is 0 Å². The molecular formula is C15H19N3O2S. The fourth-order valence-electron chi connectivity index (χ4n) is 1.99. The van der Waals surface area contributed by atoms with Crippen molar-refractivity contribution in [1.82, 2.24) is 4.98 Å². The molecule has 0 aliphatic carbocycles. The van der Waals surface area contributed by atoms with Gasteiger partial charge < -0.3 is 5.73 Å². The van der Waals surface area contributed by atoms with E-state index in [-0.39, 0.29) is 10.9 Å². The Morgan fingerprint density at radius 1 is 1.24 bits per heavy atom. The van der Waals surface area contributed by atoms with E-state index in [1.165, 1.54) is 11.4 Å². The van der Waals surface area contributed by atoms with Crippen molar-refractivity contribution in [2.24, 2.45) is 5.73 Å². The summed E-state index contributed by atoms with van der Waals surface area (Å²) in [5.41, 5.74) is 7.36. The Bertz CT molecular complexity index is 702. The number of aromatic nitrogens is 1. The van der Waals surface area contributed by atoms with E-state index in [0.29, 0.717) is 5.69 Å². The number of nitrogens with zero attached hydrogens (tertiary/aromatic N) is 2. The molecule has 0 saturated carbocycles. The van der Waals surface area contributed by atoms with Crippen molar-refractivity contribution in [3.05, 3.63) is 54.4 Å². The van der Waals surface area contributed by atoms with Gasteiger partial charge in [-0.1, -0.05) is 19.1 Å². The summed E-state index contributed by atoms with van der Waals surface area (Å²) in [6.45, 7) is 1.97. The molecule has 0 aliphatic rings. The largest absolute Gasteiger partial charge is 0.324 e. The number of pyridine rings is 1. The molecule has 1 heterocycles. The summed E-state index contributed by atoms with van der Waals surface area (Å²) in [5.74, 6) is 0. The van der Waals surface area contributed by atoms with Gasteiger partial charge in [-0.3, -0.25) is 9.29 Å². The molecule has 0 aliphatic heterocycles. The van der Waals surface area contributed by atoms with Crippen LogP contribution in [-0.2, 0) is 10.0 Å². The van der Waals surface area contributed by atoms with E-state index in [1.54, 1.807) is 42.7 Å². The van der Waals surface area contributed by atoms with Gasteiger partial charge in [0.1, 0.15) is 0 Å². The van der Waals surface area contributed by atoms with Crippen LogP contribution in [0, 0.1) is 0 Å². The molecule has 1 unspecified atom stereocenters. The summed E-state index contributed by atoms with van der Waals surface area (Å²) in [5, 5.41) is 0. The molecule has 0 spiro atoms. The summed E-state index contributed by atoms with van der Waals surface area (Å²) in [6, 6.07) is 9.93. The molecule has 0 saturated heterocycles. The minimum Gasteiger partial charge on any atom is -0.324 e. The topological polar surface area (TPSA) is 76.3 Å². The van der Waals surface area contributed by atoms with Crippen molar-refractivity contribution >= 4 is 15.7 Å². The van der Waals surface area contributed by atoms with E-state index in [4.69, 9.17) is 5.73 Å². The lowest BCUT2D eigenvalue weighted by Gasteiger charge is -2.20. The van der Waals surface area contributed by atoms with Crippen molar-refractivity contribution in [2.75, 3.05) is 11.4 Å². The molecule has 0 radical (unpaired) electrons. The lowest BCUT2D eigenvalue weighted by Crippen LogP contribution is -2.26. The van der Waals surface area contributed by atoms with Gasteiger partial charge in [-0.05, 0) is 36.2 Å². The highest BCUT2D eigenvalue weighted by Crippen LogP contribution is 2.23. The molecule has 5 nitrogen and oxygen atoms in total. The van der Waals surface area contributed by atoms with Crippen LogP contribution in [0.2, 0.25) is 0 Å². The second-order valence-electron chi connectivity index (χ2n) is 4.77. The van der Waals surface area contributed by atoms with Gasteiger partial charge in [-0.25, -0.2) is 8.42 Å². The molecule has 0 bridgehead atoms. The quantitative estimate of drug-likeness (QED) is 0.919. The van der Waals surface area contributed by atoms with Gasteiger partial charge in [0.25, 0.3) is 10.0 Å². The van der Waals surface area contributed by atoms with Crippen LogP contribution in [0.15, 0.2) is 53.7 Å². The Morgan fingerprint density at radius 2 is 1.90 bits per heavy atom. The maximum Gasteiger partial charge on any atom is 0.264 e. The Hall–Kier alpha value is -1.92. The first-order valence-corrected chi connectivity index (χ1v) is 8.15. The Kier molecular flexibility index (Phi) is 4.59. The summed E-state index contributed by atoms with van der Waals surface area (Å²) in [6.07, 6.45) is 3.87. The van der Waals surface area contributed by atoms with Crippen LogP contribution >= 0.6 is 0 Å². The average molecular weight is 305 g/mol. The molecule has 1 atom stereocenters. The number of nitrogens with two attached hydrogens (primary N) is 1. The highest BCUT2D eigenvalue weighted by molar-refractivity contribution is 7.92. The molecule has 1 aromatic heterocycles. The van der Waals surface area contributed by atoms with Crippen molar-refractivity contribution in [3.8, 4) is 0 Å². The van der Waals surface area contributed by atoms with Crippen LogP contribution in [0.3, 0.4) is 0 Å². The number of hydrogen-bond donors (Lipinski definition) is 1. The first kappa shape index (κ1) is 15.5. The number of benzene rings is 1. The van der Waals surface area contributed by atoms with Crippen LogP contribution in [0.25, 0.3) is 0 Å². The molecule has 21 heavy (non-hydrogen) atoms. The standard InChI is InChI=1S/C15H19N3O2S/c1-3-15(16)12-5-4-6-14(11-12)21(19,20)18(2)13-7-9-17-10-8-13/h4-11,15H,3,16H2,1-2H3. The highest BCUT2D eigenvalue weighted by atomic mass is 32.2. The zero-order valence-corrected chi connectivity index (χ0v) is 12.9. The third-order valence-corrected chi connectivity index (χ3v) is 5.19. The fourth-order valence-corrected chi connectivity index (χ4v) is 3.24. The van der Waals surface area contributed by atoms with Crippen LogP contribution in [0.1, 0.15) is 24.9 Å². The lowest BCUT2D eigenvalue weighted by atomic mass is 10.1. The van der Waals surface area contributed by atoms with Crippen LogP contribution in [-0.4, -0.2) is 20.4 Å². The number of hydrogen-bond acceptors (Lipinski definition) is 4. The molecule has 2 rings (SSSR count). The minimum atomic E-state index is -3.61. The SMILES string of the molecule is CCC(N)c1cccc(S(=O)(=O)N(C)c2ccncc2)c1. The molecule has 0 amide bonds. The third-order valence-electron chi connectivity index (χ3n) is 3.41. The highest BCUT2D eigenvalue weighted by Gasteiger charge is 2.22. The Balaban J connectivity index is 2.40. The molecule has 1 aromatic carbocycles. The van der Waals surface area contributed by atoms with Crippen LogP contribution < -0.4 is 10.0 Å². The van der Waals surface area contributed by atoms with Gasteiger partial charge in [0.2, 0.25) is 0 Å². The zero-order valence-electron chi connectivity index (χ0n) is 12.1. The number of sulfonamides is 1. The van der Waals surface area contributed by atoms with Gasteiger partial charge in [0, 0.05) is 25.5 Å². The molecule has 2 N–H and O–H groups in total. The van der Waals surface area contributed by atoms with E-state index in [2.05, 4.69) is 4.98 Å². The maximum atomic E-state index is 12.7. The van der Waals surface area contributed by atoms with Gasteiger partial charge in [0.15, 0.2) is 0 Å². The normalized spacial score (nSPS) is 12.9. The van der Waals surface area contributed by atoms with E-state index in [1.807, 2.05) is 13.0 Å². The van der Waals surface area contributed by atoms with E-state index in [9.17, 15) is 8.42 Å². The monoisotopic (exact) mass is 305 g/mol. The Labute approximate surface area is 125 Å². The molecule has 112 valence electrons. The smallest absolute Gasteiger partial charge is 0.264 e. The van der Waals surface area contributed by atoms with Gasteiger partial charge in [0.05, 0.1) is 10.6 Å². The summed E-state index contributed by atoms with van der Waals surface area (Å²) >= 11 is 0. The second-order valence-corrected chi connectivity index (χ2v) is 6.73. The predicted molar refractivity (Wildman–Crippen MR) is 83.5 cm³/mol. The van der Waals surface area contributed by atoms with Gasteiger partial charge in [-0.2, -0.15) is 0 Å². The van der Waals surface area contributed by atoms with E-state index in [0.717, 1.165) is 12.0 Å².